The number of amides is 3. The molecule has 2 rings (SSSR count). The van der Waals surface area contributed by atoms with Crippen molar-refractivity contribution in [2.45, 2.75) is 65.2 Å². The van der Waals surface area contributed by atoms with Gasteiger partial charge in [-0.2, -0.15) is 20.7 Å². The fraction of sp³-hybridized carbons (Fsp3) is 0.440. The minimum atomic E-state index is -0.686. The summed E-state index contributed by atoms with van der Waals surface area (Å²) in [5, 5.41) is 28.2. The van der Waals surface area contributed by atoms with Crippen molar-refractivity contribution >= 4 is 40.6 Å². The molecular weight excluding hydrogens is 462 g/mol. The maximum atomic E-state index is 13.1. The van der Waals surface area contributed by atoms with Crippen molar-refractivity contribution in [3.05, 3.63) is 29.3 Å². The van der Waals surface area contributed by atoms with Gasteiger partial charge in [-0.3, -0.25) is 19.2 Å². The molecule has 0 saturated heterocycles. The van der Waals surface area contributed by atoms with Crippen molar-refractivity contribution in [1.82, 2.24) is 10.9 Å². The second-order valence-electron chi connectivity index (χ2n) is 8.41. The van der Waals surface area contributed by atoms with E-state index in [4.69, 9.17) is 10.5 Å². The molecule has 1 saturated carbocycles. The zero-order valence-corrected chi connectivity index (χ0v) is 20.4. The third-order valence-corrected chi connectivity index (χ3v) is 5.62. The summed E-state index contributed by atoms with van der Waals surface area (Å²) in [5.41, 5.74) is 8.29. The number of rotatable bonds is 10. The van der Waals surface area contributed by atoms with E-state index in [0.29, 0.717) is 30.7 Å². The molecule has 0 aliphatic heterocycles. The monoisotopic (exact) mass is 491 g/mol. The lowest BCUT2D eigenvalue weighted by molar-refractivity contribution is -0.122. The van der Waals surface area contributed by atoms with E-state index >= 15 is 0 Å². The van der Waals surface area contributed by atoms with Crippen molar-refractivity contribution in [3.63, 3.8) is 0 Å². The van der Waals surface area contributed by atoms with Crippen LogP contribution in [0.2, 0.25) is 0 Å². The van der Waals surface area contributed by atoms with Crippen molar-refractivity contribution in [3.8, 4) is 12.1 Å². The van der Waals surface area contributed by atoms with Gasteiger partial charge in [0, 0.05) is 36.4 Å². The maximum absolute atomic E-state index is 13.1. The van der Waals surface area contributed by atoms with Gasteiger partial charge < -0.3 is 5.32 Å². The quantitative estimate of drug-likeness (QED) is 0.423. The average molecular weight is 492 g/mol. The second-order valence-corrected chi connectivity index (χ2v) is 8.41. The van der Waals surface area contributed by atoms with Gasteiger partial charge in [0.2, 0.25) is 5.91 Å². The Labute approximate surface area is 209 Å². The predicted octanol–water partition coefficient (Wildman–Crippen LogP) is 2.55. The highest BCUT2D eigenvalue weighted by atomic mass is 16.2. The van der Waals surface area contributed by atoms with Gasteiger partial charge in [0.15, 0.2) is 0 Å². The minimum absolute atomic E-state index is 0.115. The number of hydrazone groups is 2. The molecule has 1 aliphatic carbocycles. The topological polar surface area (TPSA) is 177 Å². The number of nitriles is 2. The van der Waals surface area contributed by atoms with E-state index in [0.717, 1.165) is 16.8 Å². The Hall–Kier alpha value is -4.38. The Morgan fingerprint density at radius 1 is 0.917 bits per heavy atom. The highest BCUT2D eigenvalue weighted by molar-refractivity contribution is 6.12. The molecular formula is C25H29N7O4. The fourth-order valence-corrected chi connectivity index (χ4v) is 3.75. The van der Waals surface area contributed by atoms with Crippen molar-refractivity contribution in [2.24, 2.45) is 16.1 Å². The van der Waals surface area contributed by atoms with E-state index in [1.807, 2.05) is 32.0 Å². The number of ketones is 1. The molecule has 0 spiro atoms. The lowest BCUT2D eigenvalue weighted by Crippen LogP contribution is -2.35. The average Bonchev–Trinajstić information content (AvgIpc) is 2.84. The number of nitrogens with one attached hydrogen (secondary N) is 3. The van der Waals surface area contributed by atoms with E-state index in [1.165, 1.54) is 0 Å². The van der Waals surface area contributed by atoms with E-state index in [1.54, 1.807) is 12.1 Å². The number of carbonyl (C=O) groups excluding carboxylic acids is 4. The molecule has 0 bridgehead atoms. The van der Waals surface area contributed by atoms with E-state index in [-0.39, 0.29) is 43.8 Å². The van der Waals surface area contributed by atoms with Gasteiger partial charge >= 0.3 is 0 Å². The highest BCUT2D eigenvalue weighted by Crippen LogP contribution is 2.24. The Morgan fingerprint density at radius 3 is 2.14 bits per heavy atom. The molecule has 36 heavy (non-hydrogen) atoms. The highest BCUT2D eigenvalue weighted by Gasteiger charge is 2.30. The van der Waals surface area contributed by atoms with Crippen molar-refractivity contribution < 1.29 is 19.2 Å². The van der Waals surface area contributed by atoms with E-state index < -0.39 is 17.7 Å². The van der Waals surface area contributed by atoms with Crippen LogP contribution in [0.5, 0.6) is 0 Å². The molecule has 1 fully saturated rings. The largest absolute Gasteiger partial charge is 0.326 e. The molecule has 0 radical (unpaired) electrons. The summed E-state index contributed by atoms with van der Waals surface area (Å²) in [5.74, 6) is -2.18. The van der Waals surface area contributed by atoms with Crippen LogP contribution < -0.4 is 16.2 Å². The van der Waals surface area contributed by atoms with Crippen LogP contribution in [0.25, 0.3) is 0 Å². The number of anilines is 1. The van der Waals surface area contributed by atoms with Crippen LogP contribution in [0.15, 0.2) is 28.4 Å². The smallest absolute Gasteiger partial charge is 0.254 e. The first-order valence-electron chi connectivity index (χ1n) is 11.6. The summed E-state index contributed by atoms with van der Waals surface area (Å²) in [7, 11) is 0. The normalized spacial score (nSPS) is 17.1. The first-order valence-corrected chi connectivity index (χ1v) is 11.6. The molecule has 188 valence electrons. The number of hydrogen-bond donors (Lipinski definition) is 3. The van der Waals surface area contributed by atoms with Crippen LogP contribution in [0.1, 0.15) is 62.5 Å². The van der Waals surface area contributed by atoms with Gasteiger partial charge in [-0.25, -0.2) is 10.9 Å². The van der Waals surface area contributed by atoms with Gasteiger partial charge in [0.25, 0.3) is 11.8 Å². The summed E-state index contributed by atoms with van der Waals surface area (Å²) in [6.45, 7) is 3.82. The van der Waals surface area contributed by atoms with Crippen LogP contribution in [-0.4, -0.2) is 34.9 Å². The van der Waals surface area contributed by atoms with Gasteiger partial charge in [0.1, 0.15) is 18.6 Å². The summed E-state index contributed by atoms with van der Waals surface area (Å²) >= 11 is 0. The third kappa shape index (κ3) is 8.76. The van der Waals surface area contributed by atoms with Crippen LogP contribution in [0.4, 0.5) is 5.69 Å². The third-order valence-electron chi connectivity index (χ3n) is 5.62. The van der Waals surface area contributed by atoms with E-state index in [2.05, 4.69) is 26.4 Å². The fourth-order valence-electron chi connectivity index (χ4n) is 3.75. The lowest BCUT2D eigenvalue weighted by Gasteiger charge is -2.24. The zero-order chi connectivity index (χ0) is 26.5. The second kappa shape index (κ2) is 14.1. The Kier molecular flexibility index (Phi) is 10.9. The summed E-state index contributed by atoms with van der Waals surface area (Å²) in [6, 6.07) is 9.19. The summed E-state index contributed by atoms with van der Waals surface area (Å²) in [4.78, 5) is 48.7. The molecule has 11 nitrogen and oxygen atoms in total. The summed E-state index contributed by atoms with van der Waals surface area (Å²) < 4.78 is 0. The van der Waals surface area contributed by atoms with Gasteiger partial charge in [0.05, 0.1) is 18.1 Å². The van der Waals surface area contributed by atoms with Gasteiger partial charge in [-0.1, -0.05) is 18.2 Å². The molecule has 3 N–H and O–H groups in total. The predicted molar refractivity (Wildman–Crippen MR) is 132 cm³/mol. The molecule has 0 aromatic heterocycles. The number of carbonyl (C=O) groups is 4. The molecule has 1 aromatic rings. The van der Waals surface area contributed by atoms with Crippen molar-refractivity contribution in [1.29, 1.82) is 10.5 Å². The molecule has 11 heteroatoms. The summed E-state index contributed by atoms with van der Waals surface area (Å²) in [6.07, 6.45) is 0.819. The van der Waals surface area contributed by atoms with Gasteiger partial charge in [-0.05, 0) is 44.2 Å². The first kappa shape index (κ1) is 27.9. The van der Waals surface area contributed by atoms with Crippen LogP contribution in [0, 0.1) is 42.4 Å². The molecule has 1 atom stereocenters. The first-order chi connectivity index (χ1) is 17.2. The lowest BCUT2D eigenvalue weighted by atomic mass is 9.81. The number of Topliss-reactive ketones (excluding diaryl/α,β-unsaturated/α-hetero) is 1. The number of para-hydroxylation sites is 1. The minimum Gasteiger partial charge on any atom is -0.326 e. The SMILES string of the molecule is Cc1cccc(C)c1NC(=O)CCCC(=O)C1CC(=NNC(=O)CC#N)CCC1=NNC(=O)CC#N. The molecule has 3 amide bonds. The Balaban J connectivity index is 2.02. The Bertz CT molecular complexity index is 1140. The van der Waals surface area contributed by atoms with E-state index in [9.17, 15) is 19.2 Å². The maximum Gasteiger partial charge on any atom is 0.254 e. The van der Waals surface area contributed by atoms with Crippen LogP contribution in [-0.2, 0) is 19.2 Å². The molecule has 1 aromatic carbocycles. The molecule has 0 heterocycles. The molecule has 1 unspecified atom stereocenters. The van der Waals surface area contributed by atoms with Crippen LogP contribution >= 0.6 is 0 Å². The standard InChI is InChI=1S/C25H29N7O4/c1-16-5-3-6-17(2)25(16)28-22(34)8-4-7-21(33)19-15-18(29-31-23(35)11-13-26)9-10-20(19)30-32-24(36)12-14-27/h3,5-6,19H,4,7-12,15H2,1-2H3,(H,28,34)(H,31,35)(H,32,36). The van der Waals surface area contributed by atoms with Gasteiger partial charge in [-0.15, -0.1) is 0 Å². The Morgan fingerprint density at radius 2 is 1.53 bits per heavy atom. The number of nitrogens with zero attached hydrogens (tertiary/aromatic N) is 4. The number of benzene rings is 1. The van der Waals surface area contributed by atoms with Crippen molar-refractivity contribution in [2.75, 3.05) is 5.32 Å². The number of hydrogen-bond acceptors (Lipinski definition) is 8. The molecule has 1 aliphatic rings. The number of aryl methyl sites for hydroxylation is 2. The zero-order valence-electron chi connectivity index (χ0n) is 20.4. The van der Waals surface area contributed by atoms with Crippen LogP contribution in [0.3, 0.4) is 0 Å².